The zero-order chi connectivity index (χ0) is 19.5. The second kappa shape index (κ2) is 14.1. The number of aromatic nitrogens is 2. The Kier molecular flexibility index (Phi) is 12.6. The second-order valence-corrected chi connectivity index (χ2v) is 7.91. The summed E-state index contributed by atoms with van der Waals surface area (Å²) in [5.41, 5.74) is 4.29. The zero-order valence-corrected chi connectivity index (χ0v) is 20.0. The standard InChI is InChI=1S/C19H29N.C3H2Cl2N2.BrH/c1-3-4-5-6-7-8-11-14-20-16-17(2)15-18-12-9-10-13-19(18)20;4-2-3(5)7-1-6-2;/h9-10,12-13,15H,3-8,11,14,16H2,1-2H3;1H,(H,6,7);1H. The van der Waals surface area contributed by atoms with Crippen LogP contribution in [0.15, 0.2) is 36.2 Å². The molecule has 0 bridgehead atoms. The molecule has 1 aromatic heterocycles. The summed E-state index contributed by atoms with van der Waals surface area (Å²) in [6.07, 6.45) is 13.6. The lowest BCUT2D eigenvalue weighted by atomic mass is 10.0. The van der Waals surface area contributed by atoms with Gasteiger partial charge >= 0.3 is 0 Å². The number of aromatic amines is 2. The van der Waals surface area contributed by atoms with E-state index < -0.39 is 0 Å². The number of fused-ring (bicyclic) bond motifs is 1. The van der Waals surface area contributed by atoms with E-state index in [1.165, 1.54) is 68.3 Å². The molecule has 0 saturated carbocycles. The molecule has 1 aliphatic heterocycles. The molecule has 28 heavy (non-hydrogen) atoms. The number of rotatable bonds is 8. The molecule has 0 amide bonds. The van der Waals surface area contributed by atoms with E-state index in [0.717, 1.165) is 6.54 Å². The first-order chi connectivity index (χ1) is 13.1. The van der Waals surface area contributed by atoms with E-state index in [-0.39, 0.29) is 17.0 Å². The van der Waals surface area contributed by atoms with Gasteiger partial charge in [-0.1, -0.05) is 75.3 Å². The highest BCUT2D eigenvalue weighted by atomic mass is 79.9. The summed E-state index contributed by atoms with van der Waals surface area (Å²) in [5, 5.41) is 0.892. The highest BCUT2D eigenvalue weighted by Crippen LogP contribution is 2.28. The largest absolute Gasteiger partial charge is 1.00 e. The maximum absolute atomic E-state index is 5.41. The van der Waals surface area contributed by atoms with Crippen molar-refractivity contribution < 1.29 is 22.0 Å². The van der Waals surface area contributed by atoms with Crippen molar-refractivity contribution in [1.29, 1.82) is 0 Å². The van der Waals surface area contributed by atoms with Gasteiger partial charge < -0.3 is 21.9 Å². The van der Waals surface area contributed by atoms with Gasteiger partial charge in [0.25, 0.3) is 10.3 Å². The molecule has 3 rings (SSSR count). The number of imidazole rings is 1. The number of para-hydroxylation sites is 1. The number of nitrogens with one attached hydrogen (secondary N) is 2. The predicted octanol–water partition coefficient (Wildman–Crippen LogP) is 3.80. The van der Waals surface area contributed by atoms with Gasteiger partial charge in [-0.3, -0.25) is 0 Å². The Hall–Kier alpha value is -0.970. The molecular weight excluding hydrogens is 457 g/mol. The summed E-state index contributed by atoms with van der Waals surface area (Å²) >= 11 is 10.8. The van der Waals surface area contributed by atoms with Crippen molar-refractivity contribution in [3.05, 3.63) is 52.0 Å². The van der Waals surface area contributed by atoms with Gasteiger partial charge in [-0.05, 0) is 48.2 Å². The minimum atomic E-state index is 0. The predicted molar refractivity (Wildman–Crippen MR) is 118 cm³/mol. The Morgan fingerprint density at radius 2 is 1.71 bits per heavy atom. The Bertz CT molecular complexity index is 699. The third-order valence-electron chi connectivity index (χ3n) is 4.74. The lowest BCUT2D eigenvalue weighted by molar-refractivity contribution is -0.373. The monoisotopic (exact) mass is 487 g/mol. The van der Waals surface area contributed by atoms with Crippen LogP contribution in [0.25, 0.3) is 6.08 Å². The van der Waals surface area contributed by atoms with Crippen LogP contribution in [0.4, 0.5) is 5.69 Å². The molecule has 6 heteroatoms. The van der Waals surface area contributed by atoms with E-state index in [9.17, 15) is 0 Å². The van der Waals surface area contributed by atoms with Crippen LogP contribution in [0.1, 0.15) is 64.4 Å². The van der Waals surface area contributed by atoms with Crippen molar-refractivity contribution in [3.8, 4) is 0 Å². The number of hydrogen-bond donors (Lipinski definition) is 1. The fourth-order valence-electron chi connectivity index (χ4n) is 3.34. The van der Waals surface area contributed by atoms with E-state index in [0.29, 0.717) is 10.3 Å². The number of hydrogen-bond acceptors (Lipinski definition) is 1. The molecule has 0 saturated heterocycles. The number of nitrogens with zero attached hydrogens (tertiary/aromatic N) is 1. The fraction of sp³-hybridized carbons (Fsp3) is 0.500. The van der Waals surface area contributed by atoms with Crippen molar-refractivity contribution in [1.82, 2.24) is 4.98 Å². The summed E-state index contributed by atoms with van der Waals surface area (Å²) in [6, 6.07) is 8.79. The maximum atomic E-state index is 5.41. The maximum Gasteiger partial charge on any atom is 0.252 e. The molecule has 156 valence electrons. The van der Waals surface area contributed by atoms with Crippen LogP contribution in [-0.2, 0) is 0 Å². The van der Waals surface area contributed by atoms with Crippen LogP contribution >= 0.6 is 23.2 Å². The first kappa shape index (κ1) is 25.1. The summed E-state index contributed by atoms with van der Waals surface area (Å²) < 4.78 is 0. The quantitative estimate of drug-likeness (QED) is 0.563. The molecule has 1 aliphatic rings. The molecule has 0 spiro atoms. The van der Waals surface area contributed by atoms with E-state index in [4.69, 9.17) is 23.2 Å². The molecule has 0 radical (unpaired) electrons. The van der Waals surface area contributed by atoms with Gasteiger partial charge in [0, 0.05) is 18.8 Å². The molecular formula is C22H32BrCl2N3. The van der Waals surface area contributed by atoms with Crippen molar-refractivity contribution >= 4 is 35.0 Å². The Balaban J connectivity index is 0.000000414. The minimum Gasteiger partial charge on any atom is -1.00 e. The molecule has 2 aromatic rings. The third kappa shape index (κ3) is 8.59. The summed E-state index contributed by atoms with van der Waals surface area (Å²) in [4.78, 5) is 7.84. The number of benzene rings is 1. The Labute approximate surface area is 190 Å². The van der Waals surface area contributed by atoms with Gasteiger partial charge in [-0.15, -0.1) is 0 Å². The smallest absolute Gasteiger partial charge is 0.252 e. The van der Waals surface area contributed by atoms with E-state index in [2.05, 4.69) is 59.1 Å². The molecule has 0 unspecified atom stereocenters. The van der Waals surface area contributed by atoms with Crippen molar-refractivity contribution in [3.63, 3.8) is 0 Å². The van der Waals surface area contributed by atoms with Gasteiger partial charge in [0.1, 0.15) is 0 Å². The second-order valence-electron chi connectivity index (χ2n) is 7.15. The zero-order valence-electron chi connectivity index (χ0n) is 16.9. The summed E-state index contributed by atoms with van der Waals surface area (Å²) in [5.74, 6) is 0. The fourth-order valence-corrected chi connectivity index (χ4v) is 3.56. The van der Waals surface area contributed by atoms with Crippen LogP contribution in [0.3, 0.4) is 0 Å². The molecule has 1 aromatic carbocycles. The SMILES string of the molecule is CCCCCCCCCN1CC(C)=Cc2ccccc21.Clc1[nH]c[nH+]c1Cl.[Br-]. The van der Waals surface area contributed by atoms with Crippen LogP contribution in [-0.4, -0.2) is 18.1 Å². The highest BCUT2D eigenvalue weighted by molar-refractivity contribution is 6.39. The van der Waals surface area contributed by atoms with Gasteiger partial charge in [-0.25, -0.2) is 9.97 Å². The van der Waals surface area contributed by atoms with E-state index in [1.54, 1.807) is 6.33 Å². The Morgan fingerprint density at radius 3 is 2.32 bits per heavy atom. The van der Waals surface area contributed by atoms with Crippen LogP contribution < -0.4 is 26.9 Å². The van der Waals surface area contributed by atoms with E-state index in [1.807, 2.05) is 0 Å². The topological polar surface area (TPSA) is 33.2 Å². The van der Waals surface area contributed by atoms with Crippen molar-refractivity contribution in [2.24, 2.45) is 0 Å². The lowest BCUT2D eigenvalue weighted by Gasteiger charge is -2.30. The molecule has 0 atom stereocenters. The summed E-state index contributed by atoms with van der Waals surface area (Å²) in [6.45, 7) is 6.83. The van der Waals surface area contributed by atoms with Crippen molar-refractivity contribution in [2.45, 2.75) is 58.8 Å². The number of H-pyrrole nitrogens is 2. The average molecular weight is 489 g/mol. The van der Waals surface area contributed by atoms with E-state index >= 15 is 0 Å². The molecule has 2 heterocycles. The summed E-state index contributed by atoms with van der Waals surface area (Å²) in [7, 11) is 0. The van der Waals surface area contributed by atoms with Crippen LogP contribution in [0.5, 0.6) is 0 Å². The minimum absolute atomic E-state index is 0. The van der Waals surface area contributed by atoms with Crippen molar-refractivity contribution in [2.75, 3.05) is 18.0 Å². The number of anilines is 1. The molecule has 3 nitrogen and oxygen atoms in total. The molecule has 2 N–H and O–H groups in total. The van der Waals surface area contributed by atoms with Gasteiger partial charge in [0.15, 0.2) is 0 Å². The normalized spacial score (nSPS) is 12.4. The highest BCUT2D eigenvalue weighted by Gasteiger charge is 2.14. The molecule has 0 fully saturated rings. The van der Waals surface area contributed by atoms with Gasteiger partial charge in [0.05, 0.1) is 0 Å². The van der Waals surface area contributed by atoms with Crippen LogP contribution in [0.2, 0.25) is 10.3 Å². The van der Waals surface area contributed by atoms with Crippen LogP contribution in [0, 0.1) is 0 Å². The van der Waals surface area contributed by atoms with Gasteiger partial charge in [0.2, 0.25) is 6.33 Å². The first-order valence-electron chi connectivity index (χ1n) is 10.0. The number of unbranched alkanes of at least 4 members (excludes halogenated alkanes) is 6. The molecule has 0 aliphatic carbocycles. The van der Waals surface area contributed by atoms with Gasteiger partial charge in [-0.2, -0.15) is 0 Å². The Morgan fingerprint density at radius 1 is 1.04 bits per heavy atom. The number of halogens is 3. The third-order valence-corrected chi connectivity index (χ3v) is 5.43. The lowest BCUT2D eigenvalue weighted by Crippen LogP contribution is -3.00. The first-order valence-corrected chi connectivity index (χ1v) is 10.8. The average Bonchev–Trinajstić information content (AvgIpc) is 3.04.